The smallest absolute Gasteiger partial charge is 0.264 e. The number of halogens is 1. The third-order valence-electron chi connectivity index (χ3n) is 2.29. The van der Waals surface area contributed by atoms with Crippen LogP contribution in [0.4, 0.5) is 5.82 Å². The summed E-state index contributed by atoms with van der Waals surface area (Å²) >= 11 is 5.66. The summed E-state index contributed by atoms with van der Waals surface area (Å²) in [4.78, 5) is 22.6. The predicted molar refractivity (Wildman–Crippen MR) is 68.8 cm³/mol. The molecule has 0 atom stereocenters. The fraction of sp³-hybridized carbons (Fsp3) is 0.0833. The number of rotatable bonds is 3. The molecule has 0 aliphatic carbocycles. The van der Waals surface area contributed by atoms with Crippen LogP contribution in [0.3, 0.4) is 0 Å². The summed E-state index contributed by atoms with van der Waals surface area (Å²) in [5.74, 6) is 0.403. The van der Waals surface area contributed by atoms with Crippen LogP contribution in [0.5, 0.6) is 0 Å². The summed E-state index contributed by atoms with van der Waals surface area (Å²) in [6.07, 6.45) is 0. The highest BCUT2D eigenvalue weighted by Crippen LogP contribution is 2.08. The van der Waals surface area contributed by atoms with Crippen LogP contribution < -0.4 is 10.9 Å². The van der Waals surface area contributed by atoms with Gasteiger partial charge in [0.25, 0.3) is 11.5 Å². The molecule has 1 heterocycles. The molecule has 0 saturated heterocycles. The molecular formula is C12H10ClN3O2. The summed E-state index contributed by atoms with van der Waals surface area (Å²) < 4.78 is 0. The number of alkyl halides is 1. The molecule has 1 aromatic carbocycles. The number of amides is 1. The van der Waals surface area contributed by atoms with E-state index in [1.165, 1.54) is 12.1 Å². The molecule has 0 fully saturated rings. The van der Waals surface area contributed by atoms with Gasteiger partial charge in [-0.3, -0.25) is 9.59 Å². The molecule has 1 aromatic heterocycles. The van der Waals surface area contributed by atoms with Crippen molar-refractivity contribution in [1.29, 1.82) is 0 Å². The van der Waals surface area contributed by atoms with Gasteiger partial charge >= 0.3 is 0 Å². The lowest BCUT2D eigenvalue weighted by Gasteiger charge is -2.04. The van der Waals surface area contributed by atoms with Gasteiger partial charge in [-0.2, -0.15) is 5.10 Å². The minimum Gasteiger partial charge on any atom is -0.305 e. The van der Waals surface area contributed by atoms with Crippen molar-refractivity contribution >= 4 is 23.3 Å². The van der Waals surface area contributed by atoms with Crippen LogP contribution in [0.15, 0.2) is 41.2 Å². The van der Waals surface area contributed by atoms with E-state index in [-0.39, 0.29) is 11.5 Å². The number of aromatic amines is 1. The number of H-pyrrole nitrogens is 1. The topological polar surface area (TPSA) is 74.8 Å². The van der Waals surface area contributed by atoms with Crippen LogP contribution in [0, 0.1) is 0 Å². The monoisotopic (exact) mass is 263 g/mol. The minimum absolute atomic E-state index is 0.293. The minimum atomic E-state index is -0.320. The van der Waals surface area contributed by atoms with E-state index in [0.29, 0.717) is 17.3 Å². The van der Waals surface area contributed by atoms with Crippen molar-refractivity contribution in [2.24, 2.45) is 0 Å². The quantitative estimate of drug-likeness (QED) is 0.829. The molecule has 2 N–H and O–H groups in total. The highest BCUT2D eigenvalue weighted by atomic mass is 35.5. The van der Waals surface area contributed by atoms with Gasteiger partial charge in [-0.05, 0) is 23.8 Å². The second-order valence-electron chi connectivity index (χ2n) is 3.59. The molecule has 1 amide bonds. The molecule has 0 aliphatic heterocycles. The summed E-state index contributed by atoms with van der Waals surface area (Å²) in [5.41, 5.74) is 1.12. The molecule has 5 nitrogen and oxygen atoms in total. The Bertz CT molecular complexity index is 587. The van der Waals surface area contributed by atoms with Gasteiger partial charge in [-0.1, -0.05) is 12.1 Å². The van der Waals surface area contributed by atoms with E-state index < -0.39 is 0 Å². The Morgan fingerprint density at radius 1 is 1.22 bits per heavy atom. The number of anilines is 1. The zero-order valence-corrected chi connectivity index (χ0v) is 10.1. The Hall–Kier alpha value is -2.14. The fourth-order valence-electron chi connectivity index (χ4n) is 1.35. The summed E-state index contributed by atoms with van der Waals surface area (Å²) in [5, 5.41) is 8.49. The molecular weight excluding hydrogens is 254 g/mol. The number of carbonyl (C=O) groups excluding carboxylic acids is 1. The maximum atomic E-state index is 11.8. The number of hydrogen-bond donors (Lipinski definition) is 2. The van der Waals surface area contributed by atoms with Crippen LogP contribution >= 0.6 is 11.6 Å². The molecule has 2 rings (SSSR count). The first-order valence-corrected chi connectivity index (χ1v) is 5.74. The maximum Gasteiger partial charge on any atom is 0.264 e. The Morgan fingerprint density at radius 3 is 2.50 bits per heavy atom. The molecule has 92 valence electrons. The lowest BCUT2D eigenvalue weighted by Crippen LogP contribution is -2.15. The van der Waals surface area contributed by atoms with Gasteiger partial charge in [0.05, 0.1) is 0 Å². The van der Waals surface area contributed by atoms with Gasteiger partial charge in [0, 0.05) is 17.5 Å². The first-order valence-electron chi connectivity index (χ1n) is 5.21. The van der Waals surface area contributed by atoms with Gasteiger partial charge in [0.1, 0.15) is 0 Å². The molecule has 18 heavy (non-hydrogen) atoms. The Kier molecular flexibility index (Phi) is 3.74. The van der Waals surface area contributed by atoms with Crippen molar-refractivity contribution in [3.63, 3.8) is 0 Å². The molecule has 0 aliphatic rings. The van der Waals surface area contributed by atoms with E-state index in [1.807, 2.05) is 0 Å². The average molecular weight is 264 g/mol. The van der Waals surface area contributed by atoms with Crippen LogP contribution in [0.2, 0.25) is 0 Å². The van der Waals surface area contributed by atoms with Gasteiger partial charge in [0.2, 0.25) is 0 Å². The zero-order valence-electron chi connectivity index (χ0n) is 9.31. The molecule has 6 heteroatoms. The third kappa shape index (κ3) is 2.95. The normalized spacial score (nSPS) is 10.1. The molecule has 0 saturated carbocycles. The highest BCUT2D eigenvalue weighted by Gasteiger charge is 2.06. The van der Waals surface area contributed by atoms with Crippen molar-refractivity contribution in [2.45, 2.75) is 5.88 Å². The molecule has 0 spiro atoms. The zero-order chi connectivity index (χ0) is 13.0. The summed E-state index contributed by atoms with van der Waals surface area (Å²) in [6.45, 7) is 0. The van der Waals surface area contributed by atoms with Gasteiger partial charge in [-0.25, -0.2) is 5.10 Å². The average Bonchev–Trinajstić information content (AvgIpc) is 2.41. The summed E-state index contributed by atoms with van der Waals surface area (Å²) in [7, 11) is 0. The standard InChI is InChI=1S/C12H10ClN3O2/c13-7-8-1-3-9(4-2-8)12(18)14-10-5-6-11(17)16-15-10/h1-6H,7H2,(H,16,17)(H,14,15,18). The molecule has 0 bridgehead atoms. The van der Waals surface area contributed by atoms with Crippen molar-refractivity contribution in [2.75, 3.05) is 5.32 Å². The predicted octanol–water partition coefficient (Wildman–Crippen LogP) is 1.76. The van der Waals surface area contributed by atoms with Gasteiger partial charge < -0.3 is 5.32 Å². The molecule has 0 unspecified atom stereocenters. The largest absolute Gasteiger partial charge is 0.305 e. The Balaban J connectivity index is 2.11. The molecule has 2 aromatic rings. The number of hydrogen-bond acceptors (Lipinski definition) is 3. The van der Waals surface area contributed by atoms with Gasteiger partial charge in [0.15, 0.2) is 5.82 Å². The van der Waals surface area contributed by atoms with E-state index in [0.717, 1.165) is 5.56 Å². The maximum absolute atomic E-state index is 11.8. The van der Waals surface area contributed by atoms with Crippen molar-refractivity contribution in [1.82, 2.24) is 10.2 Å². The second-order valence-corrected chi connectivity index (χ2v) is 3.86. The van der Waals surface area contributed by atoms with E-state index in [9.17, 15) is 9.59 Å². The van der Waals surface area contributed by atoms with Crippen molar-refractivity contribution in [3.05, 3.63) is 57.9 Å². The van der Waals surface area contributed by atoms with Gasteiger partial charge in [-0.15, -0.1) is 11.6 Å². The number of nitrogens with one attached hydrogen (secondary N) is 2. The number of aromatic nitrogens is 2. The number of carbonyl (C=O) groups is 1. The van der Waals surface area contributed by atoms with E-state index >= 15 is 0 Å². The lowest BCUT2D eigenvalue weighted by molar-refractivity contribution is 0.102. The first-order chi connectivity index (χ1) is 8.69. The number of benzene rings is 1. The van der Waals surface area contributed by atoms with Crippen LogP contribution in [-0.4, -0.2) is 16.1 Å². The Morgan fingerprint density at radius 2 is 1.94 bits per heavy atom. The fourth-order valence-corrected chi connectivity index (χ4v) is 1.53. The number of nitrogens with zero attached hydrogens (tertiary/aromatic N) is 1. The lowest BCUT2D eigenvalue weighted by atomic mass is 10.1. The van der Waals surface area contributed by atoms with E-state index in [1.54, 1.807) is 24.3 Å². The van der Waals surface area contributed by atoms with Crippen LogP contribution in [0.1, 0.15) is 15.9 Å². The van der Waals surface area contributed by atoms with Crippen LogP contribution in [-0.2, 0) is 5.88 Å². The van der Waals surface area contributed by atoms with Crippen molar-refractivity contribution in [3.8, 4) is 0 Å². The van der Waals surface area contributed by atoms with Crippen molar-refractivity contribution < 1.29 is 4.79 Å². The SMILES string of the molecule is O=C(Nc1ccc(=O)[nH]n1)c1ccc(CCl)cc1. The summed E-state index contributed by atoms with van der Waals surface area (Å²) in [6, 6.07) is 9.64. The second kappa shape index (κ2) is 5.46. The third-order valence-corrected chi connectivity index (χ3v) is 2.60. The van der Waals surface area contributed by atoms with E-state index in [4.69, 9.17) is 11.6 Å². The highest BCUT2D eigenvalue weighted by molar-refractivity contribution is 6.17. The van der Waals surface area contributed by atoms with Crippen LogP contribution in [0.25, 0.3) is 0 Å². The van der Waals surface area contributed by atoms with E-state index in [2.05, 4.69) is 15.5 Å². The Labute approximate surface area is 108 Å². The first kappa shape index (κ1) is 12.3. The molecule has 0 radical (unpaired) electrons.